The maximum Gasteiger partial charge on any atom is 0.247 e. The van der Waals surface area contributed by atoms with Gasteiger partial charge < -0.3 is 19.7 Å². The van der Waals surface area contributed by atoms with Crippen LogP contribution in [0.25, 0.3) is 0 Å². The van der Waals surface area contributed by atoms with E-state index in [2.05, 4.69) is 5.32 Å². The van der Waals surface area contributed by atoms with E-state index in [1.165, 1.54) is 4.31 Å². The van der Waals surface area contributed by atoms with E-state index in [4.69, 9.17) is 9.47 Å². The van der Waals surface area contributed by atoms with Crippen molar-refractivity contribution in [2.45, 2.75) is 49.6 Å². The highest BCUT2D eigenvalue weighted by molar-refractivity contribution is 7.89. The summed E-state index contributed by atoms with van der Waals surface area (Å²) in [6, 6.07) is 30.5. The lowest BCUT2D eigenvalue weighted by Gasteiger charge is -2.32. The van der Waals surface area contributed by atoms with Crippen molar-refractivity contribution in [3.63, 3.8) is 0 Å². The van der Waals surface area contributed by atoms with Gasteiger partial charge in [-0.15, -0.1) is 0 Å². The molecule has 1 atom stereocenters. The monoisotopic (exact) mass is 669 g/mol. The molecule has 1 aliphatic heterocycles. The summed E-state index contributed by atoms with van der Waals surface area (Å²) in [5.74, 6) is 0.789. The van der Waals surface area contributed by atoms with Crippen molar-refractivity contribution in [3.05, 3.63) is 125 Å². The first kappa shape index (κ1) is 34.7. The molecule has 0 spiro atoms. The molecule has 1 heterocycles. The number of ether oxygens (including phenoxy) is 2. The Bertz CT molecular complexity index is 1760. The SMILES string of the molecule is COc1ccc(CCNC(=O)C(c2ccccc2)N(Cc2ccccc2)C(=O)CCc2ccc(S(=O)(=O)N3CCCC3)cc2)cc1OC. The highest BCUT2D eigenvalue weighted by Gasteiger charge is 2.31. The highest BCUT2D eigenvalue weighted by atomic mass is 32.2. The van der Waals surface area contributed by atoms with Crippen LogP contribution in [0.4, 0.5) is 0 Å². The molecule has 1 fully saturated rings. The number of hydrogen-bond acceptors (Lipinski definition) is 6. The zero-order valence-corrected chi connectivity index (χ0v) is 28.3. The molecule has 10 heteroatoms. The van der Waals surface area contributed by atoms with Crippen LogP contribution in [-0.2, 0) is 39.0 Å². The summed E-state index contributed by atoms with van der Waals surface area (Å²) in [6.45, 7) is 1.69. The van der Waals surface area contributed by atoms with Gasteiger partial charge in [0.1, 0.15) is 6.04 Å². The van der Waals surface area contributed by atoms with Gasteiger partial charge in [-0.25, -0.2) is 8.42 Å². The van der Waals surface area contributed by atoms with E-state index in [1.807, 2.05) is 78.9 Å². The van der Waals surface area contributed by atoms with Crippen LogP contribution < -0.4 is 14.8 Å². The number of carbonyl (C=O) groups is 2. The Kier molecular flexibility index (Phi) is 11.9. The fourth-order valence-corrected chi connectivity index (χ4v) is 7.49. The second-order valence-corrected chi connectivity index (χ2v) is 13.7. The lowest BCUT2D eigenvalue weighted by molar-refractivity contribution is -0.141. The lowest BCUT2D eigenvalue weighted by atomic mass is 10.0. The highest BCUT2D eigenvalue weighted by Crippen LogP contribution is 2.29. The van der Waals surface area contributed by atoms with Gasteiger partial charge in [0.25, 0.3) is 0 Å². The standard InChI is InChI=1S/C38H43N3O6S/c1-46-34-21-17-30(27-35(34)47-2)23-24-39-38(43)37(32-13-7-4-8-14-32)41(28-31-11-5-3-6-12-31)36(42)22-18-29-15-19-33(20-16-29)48(44,45)40-25-9-10-26-40/h3-8,11-17,19-21,27,37H,9-10,18,22-26,28H2,1-2H3,(H,39,43). The Hall–Kier alpha value is -4.67. The minimum absolute atomic E-state index is 0.146. The molecule has 0 bridgehead atoms. The van der Waals surface area contributed by atoms with Crippen LogP contribution in [0.5, 0.6) is 11.5 Å². The first-order valence-electron chi connectivity index (χ1n) is 16.3. The van der Waals surface area contributed by atoms with E-state index in [-0.39, 0.29) is 29.7 Å². The smallest absolute Gasteiger partial charge is 0.247 e. The summed E-state index contributed by atoms with van der Waals surface area (Å²) >= 11 is 0. The average Bonchev–Trinajstić information content (AvgIpc) is 3.68. The molecule has 48 heavy (non-hydrogen) atoms. The Balaban J connectivity index is 1.33. The van der Waals surface area contributed by atoms with Gasteiger partial charge in [-0.05, 0) is 72.2 Å². The summed E-state index contributed by atoms with van der Waals surface area (Å²) in [6.07, 6.45) is 2.85. The van der Waals surface area contributed by atoms with Gasteiger partial charge in [-0.3, -0.25) is 9.59 Å². The minimum atomic E-state index is -3.52. The summed E-state index contributed by atoms with van der Waals surface area (Å²) in [4.78, 5) is 30.0. The van der Waals surface area contributed by atoms with E-state index in [0.29, 0.717) is 49.5 Å². The van der Waals surface area contributed by atoms with E-state index >= 15 is 0 Å². The predicted molar refractivity (Wildman–Crippen MR) is 185 cm³/mol. The van der Waals surface area contributed by atoms with Crippen LogP contribution in [0.2, 0.25) is 0 Å². The fourth-order valence-electron chi connectivity index (χ4n) is 5.98. The molecule has 1 aliphatic rings. The number of sulfonamides is 1. The summed E-state index contributed by atoms with van der Waals surface area (Å²) < 4.78 is 38.2. The van der Waals surface area contributed by atoms with Gasteiger partial charge in [-0.1, -0.05) is 78.9 Å². The average molecular weight is 670 g/mol. The van der Waals surface area contributed by atoms with Crippen LogP contribution in [0, 0.1) is 0 Å². The molecule has 2 amide bonds. The summed E-state index contributed by atoms with van der Waals surface area (Å²) in [5, 5.41) is 3.07. The molecule has 4 aromatic rings. The number of amides is 2. The number of benzene rings is 4. The van der Waals surface area contributed by atoms with Crippen LogP contribution in [0.15, 0.2) is 108 Å². The molecular formula is C38H43N3O6S. The van der Waals surface area contributed by atoms with Gasteiger partial charge in [0, 0.05) is 32.6 Å². The summed E-state index contributed by atoms with van der Waals surface area (Å²) in [5.41, 5.74) is 3.43. The quantitative estimate of drug-likeness (QED) is 0.178. The Morgan fingerprint density at radius 2 is 1.40 bits per heavy atom. The van der Waals surface area contributed by atoms with Crippen LogP contribution in [0.3, 0.4) is 0 Å². The number of rotatable bonds is 15. The maximum absolute atomic E-state index is 14.1. The Labute approximate surface area is 283 Å². The molecule has 9 nitrogen and oxygen atoms in total. The van der Waals surface area contributed by atoms with Crippen LogP contribution in [-0.4, -0.2) is 63.3 Å². The molecule has 0 saturated carbocycles. The molecule has 0 aromatic heterocycles. The summed E-state index contributed by atoms with van der Waals surface area (Å²) in [7, 11) is -0.346. The Morgan fingerprint density at radius 3 is 2.04 bits per heavy atom. The number of aryl methyl sites for hydroxylation is 1. The topological polar surface area (TPSA) is 105 Å². The van der Waals surface area contributed by atoms with Gasteiger partial charge >= 0.3 is 0 Å². The first-order valence-corrected chi connectivity index (χ1v) is 17.7. The van der Waals surface area contributed by atoms with Crippen molar-refractivity contribution in [1.29, 1.82) is 0 Å². The number of hydrogen-bond donors (Lipinski definition) is 1. The normalized spacial score (nSPS) is 13.9. The van der Waals surface area contributed by atoms with Crippen molar-refractivity contribution < 1.29 is 27.5 Å². The van der Waals surface area contributed by atoms with Crippen molar-refractivity contribution in [3.8, 4) is 11.5 Å². The largest absolute Gasteiger partial charge is 0.493 e. The van der Waals surface area contributed by atoms with Crippen molar-refractivity contribution >= 4 is 21.8 Å². The van der Waals surface area contributed by atoms with E-state index in [1.54, 1.807) is 43.4 Å². The maximum atomic E-state index is 14.1. The number of methoxy groups -OCH3 is 2. The molecule has 4 aromatic carbocycles. The second-order valence-electron chi connectivity index (χ2n) is 11.8. The van der Waals surface area contributed by atoms with Crippen molar-refractivity contribution in [1.82, 2.24) is 14.5 Å². The third kappa shape index (κ3) is 8.62. The van der Waals surface area contributed by atoms with Crippen LogP contribution in [0.1, 0.15) is 47.6 Å². The van der Waals surface area contributed by atoms with E-state index in [0.717, 1.165) is 29.5 Å². The second kappa shape index (κ2) is 16.4. The fraction of sp³-hybridized carbons (Fsp3) is 0.316. The molecular weight excluding hydrogens is 627 g/mol. The molecule has 1 N–H and O–H groups in total. The van der Waals surface area contributed by atoms with Gasteiger partial charge in [-0.2, -0.15) is 4.31 Å². The van der Waals surface area contributed by atoms with Gasteiger partial charge in [0.2, 0.25) is 21.8 Å². The molecule has 5 rings (SSSR count). The molecule has 252 valence electrons. The zero-order valence-electron chi connectivity index (χ0n) is 27.5. The van der Waals surface area contributed by atoms with Gasteiger partial charge in [0.05, 0.1) is 19.1 Å². The van der Waals surface area contributed by atoms with E-state index < -0.39 is 16.1 Å². The van der Waals surface area contributed by atoms with Gasteiger partial charge in [0.15, 0.2) is 11.5 Å². The zero-order chi connectivity index (χ0) is 33.9. The van der Waals surface area contributed by atoms with Crippen molar-refractivity contribution in [2.24, 2.45) is 0 Å². The lowest BCUT2D eigenvalue weighted by Crippen LogP contribution is -2.44. The van der Waals surface area contributed by atoms with Crippen molar-refractivity contribution in [2.75, 3.05) is 33.9 Å². The van der Waals surface area contributed by atoms with Crippen LogP contribution >= 0.6 is 0 Å². The number of nitrogens with one attached hydrogen (secondary N) is 1. The first-order chi connectivity index (χ1) is 23.3. The molecule has 1 saturated heterocycles. The number of carbonyl (C=O) groups excluding carboxylic acids is 2. The molecule has 0 radical (unpaired) electrons. The minimum Gasteiger partial charge on any atom is -0.493 e. The third-order valence-electron chi connectivity index (χ3n) is 8.61. The number of nitrogens with zero attached hydrogens (tertiary/aromatic N) is 2. The molecule has 0 aliphatic carbocycles. The molecule has 1 unspecified atom stereocenters. The Morgan fingerprint density at radius 1 is 0.771 bits per heavy atom. The predicted octanol–water partition coefficient (Wildman–Crippen LogP) is 5.55. The van der Waals surface area contributed by atoms with E-state index in [9.17, 15) is 18.0 Å². The third-order valence-corrected chi connectivity index (χ3v) is 10.5.